The monoisotopic (exact) mass is 348 g/mol. The standard InChI is InChI=1S/C17H24N4O4/c22-11-14(12-23)21-5-4-20(8-15(24)9-21)10-16-6-17(19-25-16)13-2-1-3-18-7-13/h1-3,6-7,14-15,22-24H,4-5,8-12H2. The number of aromatic nitrogens is 2. The molecule has 1 aliphatic heterocycles. The van der Waals surface area contributed by atoms with Gasteiger partial charge in [0, 0.05) is 50.2 Å². The Labute approximate surface area is 146 Å². The Balaban J connectivity index is 1.62. The van der Waals surface area contributed by atoms with Gasteiger partial charge in [-0.2, -0.15) is 0 Å². The van der Waals surface area contributed by atoms with Gasteiger partial charge in [0.25, 0.3) is 0 Å². The van der Waals surface area contributed by atoms with Gasteiger partial charge in [0.1, 0.15) is 5.69 Å². The lowest BCUT2D eigenvalue weighted by Crippen LogP contribution is -2.44. The summed E-state index contributed by atoms with van der Waals surface area (Å²) >= 11 is 0. The molecule has 2 aromatic heterocycles. The van der Waals surface area contributed by atoms with Gasteiger partial charge in [-0.05, 0) is 12.1 Å². The number of hydrogen-bond acceptors (Lipinski definition) is 8. The first kappa shape index (κ1) is 18.0. The molecule has 25 heavy (non-hydrogen) atoms. The highest BCUT2D eigenvalue weighted by molar-refractivity contribution is 5.57. The molecule has 3 heterocycles. The molecule has 1 saturated heterocycles. The van der Waals surface area contributed by atoms with Gasteiger partial charge in [-0.25, -0.2) is 0 Å². The Morgan fingerprint density at radius 2 is 2.08 bits per heavy atom. The third kappa shape index (κ3) is 4.62. The quantitative estimate of drug-likeness (QED) is 0.646. The molecule has 3 rings (SSSR count). The number of hydrogen-bond donors (Lipinski definition) is 3. The van der Waals surface area contributed by atoms with Gasteiger partial charge >= 0.3 is 0 Å². The summed E-state index contributed by atoms with van der Waals surface area (Å²) in [7, 11) is 0. The van der Waals surface area contributed by atoms with Crippen LogP contribution in [0, 0.1) is 0 Å². The summed E-state index contributed by atoms with van der Waals surface area (Å²) < 4.78 is 5.42. The van der Waals surface area contributed by atoms with Gasteiger partial charge in [-0.15, -0.1) is 0 Å². The highest BCUT2D eigenvalue weighted by atomic mass is 16.5. The van der Waals surface area contributed by atoms with Crippen LogP contribution in [0.5, 0.6) is 0 Å². The number of aliphatic hydroxyl groups excluding tert-OH is 3. The largest absolute Gasteiger partial charge is 0.395 e. The molecule has 1 fully saturated rings. The average molecular weight is 348 g/mol. The van der Waals surface area contributed by atoms with Crippen LogP contribution in [0.15, 0.2) is 35.1 Å². The molecule has 136 valence electrons. The van der Waals surface area contributed by atoms with Gasteiger partial charge in [-0.1, -0.05) is 5.16 Å². The third-order valence-corrected chi connectivity index (χ3v) is 4.45. The molecular formula is C17H24N4O4. The molecule has 0 spiro atoms. The second-order valence-corrected chi connectivity index (χ2v) is 6.32. The summed E-state index contributed by atoms with van der Waals surface area (Å²) in [5.74, 6) is 0.723. The molecular weight excluding hydrogens is 324 g/mol. The highest BCUT2D eigenvalue weighted by Crippen LogP contribution is 2.19. The minimum atomic E-state index is -0.552. The molecule has 0 aliphatic carbocycles. The van der Waals surface area contributed by atoms with Crippen LogP contribution < -0.4 is 0 Å². The smallest absolute Gasteiger partial charge is 0.151 e. The lowest BCUT2D eigenvalue weighted by molar-refractivity contribution is 0.0470. The molecule has 1 aliphatic rings. The fourth-order valence-corrected chi connectivity index (χ4v) is 3.10. The van der Waals surface area contributed by atoms with Gasteiger partial charge in [0.2, 0.25) is 0 Å². The van der Waals surface area contributed by atoms with Gasteiger partial charge in [-0.3, -0.25) is 14.8 Å². The molecule has 0 bridgehead atoms. The van der Waals surface area contributed by atoms with E-state index in [1.807, 2.05) is 23.1 Å². The van der Waals surface area contributed by atoms with E-state index < -0.39 is 6.10 Å². The molecule has 0 saturated carbocycles. The normalized spacial score (nSPS) is 20.1. The lowest BCUT2D eigenvalue weighted by Gasteiger charge is -2.28. The minimum Gasteiger partial charge on any atom is -0.395 e. The molecule has 2 aromatic rings. The van der Waals surface area contributed by atoms with Crippen LogP contribution in [-0.4, -0.2) is 86.8 Å². The van der Waals surface area contributed by atoms with Crippen molar-refractivity contribution in [3.8, 4) is 11.3 Å². The van der Waals surface area contributed by atoms with E-state index >= 15 is 0 Å². The molecule has 8 heteroatoms. The van der Waals surface area contributed by atoms with Crippen LogP contribution in [-0.2, 0) is 6.54 Å². The van der Waals surface area contributed by atoms with Gasteiger partial charge < -0.3 is 19.8 Å². The SMILES string of the molecule is OCC(CO)N1CCN(Cc2cc(-c3cccnc3)no2)CC(O)C1. The zero-order valence-corrected chi connectivity index (χ0v) is 14.0. The van der Waals surface area contributed by atoms with E-state index in [1.165, 1.54) is 0 Å². The maximum atomic E-state index is 10.2. The third-order valence-electron chi connectivity index (χ3n) is 4.45. The Bertz CT molecular complexity index is 647. The second kappa shape index (κ2) is 8.50. The summed E-state index contributed by atoms with van der Waals surface area (Å²) in [5, 5.41) is 33.0. The molecule has 0 aromatic carbocycles. The first-order chi connectivity index (χ1) is 12.2. The molecule has 1 unspecified atom stereocenters. The molecule has 1 atom stereocenters. The van der Waals surface area contributed by atoms with Crippen LogP contribution in [0.4, 0.5) is 0 Å². The van der Waals surface area contributed by atoms with Crippen molar-refractivity contribution in [2.24, 2.45) is 0 Å². The first-order valence-electron chi connectivity index (χ1n) is 8.41. The minimum absolute atomic E-state index is 0.125. The topological polar surface area (TPSA) is 106 Å². The van der Waals surface area contributed by atoms with E-state index in [2.05, 4.69) is 15.0 Å². The summed E-state index contributed by atoms with van der Waals surface area (Å²) in [6, 6.07) is 5.32. The van der Waals surface area contributed by atoms with E-state index in [0.29, 0.717) is 32.7 Å². The Hall–Kier alpha value is -1.84. The van der Waals surface area contributed by atoms with Crippen molar-refractivity contribution in [2.45, 2.75) is 18.7 Å². The maximum absolute atomic E-state index is 10.2. The Morgan fingerprint density at radius 1 is 1.24 bits per heavy atom. The van der Waals surface area contributed by atoms with Crippen molar-refractivity contribution >= 4 is 0 Å². The number of rotatable bonds is 6. The number of aliphatic hydroxyl groups is 3. The van der Waals surface area contributed by atoms with Crippen LogP contribution >= 0.6 is 0 Å². The van der Waals surface area contributed by atoms with Gasteiger partial charge in [0.05, 0.1) is 31.9 Å². The number of pyridine rings is 1. The van der Waals surface area contributed by atoms with Crippen LogP contribution in [0.1, 0.15) is 5.76 Å². The summed E-state index contributed by atoms with van der Waals surface area (Å²) in [6.07, 6.45) is 2.89. The predicted molar refractivity (Wildman–Crippen MR) is 90.6 cm³/mol. The van der Waals surface area contributed by atoms with Crippen LogP contribution in [0.2, 0.25) is 0 Å². The van der Waals surface area contributed by atoms with E-state index in [9.17, 15) is 15.3 Å². The van der Waals surface area contributed by atoms with Crippen LogP contribution in [0.25, 0.3) is 11.3 Å². The van der Waals surface area contributed by atoms with Crippen molar-refractivity contribution in [3.05, 3.63) is 36.4 Å². The second-order valence-electron chi connectivity index (χ2n) is 6.32. The van der Waals surface area contributed by atoms with Crippen LogP contribution in [0.3, 0.4) is 0 Å². The molecule has 3 N–H and O–H groups in total. The lowest BCUT2D eigenvalue weighted by atomic mass is 10.2. The van der Waals surface area contributed by atoms with E-state index in [-0.39, 0.29) is 19.3 Å². The van der Waals surface area contributed by atoms with Crippen molar-refractivity contribution < 1.29 is 19.8 Å². The summed E-state index contributed by atoms with van der Waals surface area (Å²) in [6.45, 7) is 2.59. The summed E-state index contributed by atoms with van der Waals surface area (Å²) in [4.78, 5) is 8.09. The number of nitrogens with zero attached hydrogens (tertiary/aromatic N) is 4. The fourth-order valence-electron chi connectivity index (χ4n) is 3.10. The predicted octanol–water partition coefficient (Wildman–Crippen LogP) is -0.432. The number of β-amino-alcohol motifs (C(OH)–C–C–N with tert-alkyl or cyclic N) is 1. The summed E-state index contributed by atoms with van der Waals surface area (Å²) in [5.41, 5.74) is 1.63. The Kier molecular flexibility index (Phi) is 6.11. The average Bonchev–Trinajstić information content (AvgIpc) is 3.01. The zero-order valence-electron chi connectivity index (χ0n) is 14.0. The fraction of sp³-hybridized carbons (Fsp3) is 0.529. The van der Waals surface area contributed by atoms with E-state index in [1.54, 1.807) is 12.4 Å². The van der Waals surface area contributed by atoms with Gasteiger partial charge in [0.15, 0.2) is 5.76 Å². The van der Waals surface area contributed by atoms with E-state index in [0.717, 1.165) is 17.0 Å². The molecule has 8 nitrogen and oxygen atoms in total. The molecule has 0 radical (unpaired) electrons. The van der Waals surface area contributed by atoms with Crippen molar-refractivity contribution in [1.29, 1.82) is 0 Å². The van der Waals surface area contributed by atoms with Crippen molar-refractivity contribution in [2.75, 3.05) is 39.4 Å². The highest BCUT2D eigenvalue weighted by Gasteiger charge is 2.26. The Morgan fingerprint density at radius 3 is 2.80 bits per heavy atom. The van der Waals surface area contributed by atoms with Crippen molar-refractivity contribution in [3.63, 3.8) is 0 Å². The molecule has 0 amide bonds. The maximum Gasteiger partial charge on any atom is 0.151 e. The van der Waals surface area contributed by atoms with E-state index in [4.69, 9.17) is 4.52 Å². The zero-order chi connectivity index (χ0) is 17.6. The van der Waals surface area contributed by atoms with Crippen molar-refractivity contribution in [1.82, 2.24) is 19.9 Å². The first-order valence-corrected chi connectivity index (χ1v) is 8.41.